The van der Waals surface area contributed by atoms with E-state index in [1.807, 2.05) is 54.6 Å². The van der Waals surface area contributed by atoms with Crippen LogP contribution in [0.1, 0.15) is 73.9 Å². The molecule has 46 heavy (non-hydrogen) atoms. The molecule has 3 aromatic carbocycles. The predicted molar refractivity (Wildman–Crippen MR) is 181 cm³/mol. The van der Waals surface area contributed by atoms with E-state index in [2.05, 4.69) is 48.6 Å². The van der Waals surface area contributed by atoms with Crippen LogP contribution in [0.2, 0.25) is 0 Å². The molecule has 4 atom stereocenters. The second-order valence-corrected chi connectivity index (χ2v) is 13.7. The molecule has 1 aliphatic carbocycles. The normalized spacial score (nSPS) is 17.3. The van der Waals surface area contributed by atoms with Gasteiger partial charge in [0.15, 0.2) is 0 Å². The third-order valence-corrected chi connectivity index (χ3v) is 8.39. The van der Waals surface area contributed by atoms with Crippen LogP contribution < -0.4 is 5.32 Å². The van der Waals surface area contributed by atoms with Crippen molar-refractivity contribution in [2.45, 2.75) is 95.7 Å². The van der Waals surface area contributed by atoms with Gasteiger partial charge in [-0.05, 0) is 94.9 Å². The largest absolute Gasteiger partial charge is 0.444 e. The molecule has 1 aliphatic rings. The van der Waals surface area contributed by atoms with Gasteiger partial charge in [0.05, 0.1) is 24.3 Å². The van der Waals surface area contributed by atoms with E-state index in [1.54, 1.807) is 25.7 Å². The summed E-state index contributed by atoms with van der Waals surface area (Å²) in [4.78, 5) is 30.7. The molecule has 0 saturated heterocycles. The smallest absolute Gasteiger partial charge is 0.407 e. The van der Waals surface area contributed by atoms with Gasteiger partial charge in [-0.3, -0.25) is 4.79 Å². The van der Waals surface area contributed by atoms with E-state index in [9.17, 15) is 19.8 Å². The molecule has 0 fully saturated rings. The van der Waals surface area contributed by atoms with E-state index < -0.39 is 36.0 Å². The van der Waals surface area contributed by atoms with E-state index in [0.717, 1.165) is 41.6 Å². The van der Waals surface area contributed by atoms with Crippen LogP contribution in [0.15, 0.2) is 78.9 Å². The minimum absolute atomic E-state index is 0.0520. The highest BCUT2D eigenvalue weighted by Gasteiger charge is 2.38. The summed E-state index contributed by atoms with van der Waals surface area (Å²) in [5.74, 6) is -0.161. The van der Waals surface area contributed by atoms with Gasteiger partial charge in [0, 0.05) is 19.4 Å². The van der Waals surface area contributed by atoms with Crippen LogP contribution in [0.25, 0.3) is 0 Å². The van der Waals surface area contributed by atoms with Crippen LogP contribution in [0.4, 0.5) is 4.79 Å². The molecular weight excluding hydrogens is 578 g/mol. The summed E-state index contributed by atoms with van der Waals surface area (Å²) in [5, 5.41) is 25.4. The van der Waals surface area contributed by atoms with Crippen LogP contribution in [-0.2, 0) is 35.3 Å². The Morgan fingerprint density at radius 1 is 0.935 bits per heavy atom. The van der Waals surface area contributed by atoms with Crippen molar-refractivity contribution in [2.24, 2.45) is 0 Å². The number of aliphatic hydroxyl groups excluding tert-OH is 2. The van der Waals surface area contributed by atoms with Crippen molar-refractivity contribution < 1.29 is 24.5 Å². The number of hydrogen-bond acceptors (Lipinski definition) is 6. The predicted octanol–water partition coefficient (Wildman–Crippen LogP) is 5.44. The maximum Gasteiger partial charge on any atom is 0.407 e. The molecule has 2 amide bonds. The quantitative estimate of drug-likeness (QED) is 0.219. The van der Waals surface area contributed by atoms with Gasteiger partial charge in [-0.15, -0.1) is 0 Å². The molecule has 0 bridgehead atoms. The Morgan fingerprint density at radius 2 is 1.59 bits per heavy atom. The Morgan fingerprint density at radius 3 is 2.26 bits per heavy atom. The number of rotatable bonds is 14. The molecule has 3 N–H and O–H groups in total. The van der Waals surface area contributed by atoms with Crippen molar-refractivity contribution in [3.05, 3.63) is 107 Å². The Labute approximate surface area is 274 Å². The second kappa shape index (κ2) is 16.2. The Hall–Kier alpha value is -3.72. The molecule has 4 rings (SSSR count). The number of aryl methyl sites for hydroxylation is 1. The van der Waals surface area contributed by atoms with Gasteiger partial charge in [0.1, 0.15) is 5.60 Å². The Bertz CT molecular complexity index is 1400. The average Bonchev–Trinajstić information content (AvgIpc) is 3.33. The highest BCUT2D eigenvalue weighted by Crippen LogP contribution is 2.37. The summed E-state index contributed by atoms with van der Waals surface area (Å²) in [6, 6.07) is 24.7. The summed E-state index contributed by atoms with van der Waals surface area (Å²) >= 11 is 0. The lowest BCUT2D eigenvalue weighted by Gasteiger charge is -2.33. The number of hydrogen-bond donors (Lipinski definition) is 3. The lowest BCUT2D eigenvalue weighted by molar-refractivity contribution is -0.137. The van der Waals surface area contributed by atoms with Crippen molar-refractivity contribution in [3.63, 3.8) is 0 Å². The number of ether oxygens (including phenoxy) is 1. The summed E-state index contributed by atoms with van der Waals surface area (Å²) < 4.78 is 5.47. The topological polar surface area (TPSA) is 102 Å². The molecule has 0 heterocycles. The maximum atomic E-state index is 14.0. The van der Waals surface area contributed by atoms with Crippen LogP contribution in [0.3, 0.4) is 0 Å². The van der Waals surface area contributed by atoms with Crippen molar-refractivity contribution in [2.75, 3.05) is 20.6 Å². The number of nitrogens with one attached hydrogen (secondary N) is 1. The van der Waals surface area contributed by atoms with Gasteiger partial charge in [-0.2, -0.15) is 0 Å². The zero-order chi connectivity index (χ0) is 33.3. The lowest BCUT2D eigenvalue weighted by atomic mass is 9.97. The molecule has 0 aromatic heterocycles. The number of nitrogens with zero attached hydrogens (tertiary/aromatic N) is 2. The van der Waals surface area contributed by atoms with E-state index in [-0.39, 0.29) is 18.7 Å². The standard InChI is InChI=1S/C38H51N3O5/c1-38(2,3)46-37(45)39-32(24-28-12-7-6-8-13-28)33(42)21-22-35(44)41(36-31-16-10-9-15-30(31)25-34(36)43)26-29-19-17-27(18-20-29)14-11-23-40(4)5/h6-10,12-13,15-20,32-34,36,42-43H,11,14,21-26H2,1-5H3,(H,39,45)/t32-,33-,34+,36-/m0/s1. The fraction of sp³-hybridized carbons (Fsp3) is 0.474. The number of carbonyl (C=O) groups is 2. The molecule has 0 radical (unpaired) electrons. The number of carbonyl (C=O) groups excluding carboxylic acids is 2. The number of fused-ring (bicyclic) bond motifs is 1. The van der Waals surface area contributed by atoms with Crippen LogP contribution >= 0.6 is 0 Å². The van der Waals surface area contributed by atoms with Crippen molar-refractivity contribution in [1.82, 2.24) is 15.1 Å². The number of benzene rings is 3. The molecule has 8 heteroatoms. The monoisotopic (exact) mass is 629 g/mol. The first-order chi connectivity index (χ1) is 21.9. The minimum Gasteiger partial charge on any atom is -0.444 e. The first-order valence-corrected chi connectivity index (χ1v) is 16.4. The van der Waals surface area contributed by atoms with E-state index in [1.165, 1.54) is 5.56 Å². The molecule has 248 valence electrons. The van der Waals surface area contributed by atoms with Gasteiger partial charge >= 0.3 is 6.09 Å². The number of amides is 2. The number of aliphatic hydroxyl groups is 2. The molecule has 0 saturated carbocycles. The van der Waals surface area contributed by atoms with Gasteiger partial charge in [-0.25, -0.2) is 4.79 Å². The molecule has 3 aromatic rings. The van der Waals surface area contributed by atoms with E-state index in [0.29, 0.717) is 19.4 Å². The molecule has 0 aliphatic heterocycles. The lowest BCUT2D eigenvalue weighted by Crippen LogP contribution is -2.47. The van der Waals surface area contributed by atoms with Crippen LogP contribution in [0.5, 0.6) is 0 Å². The first-order valence-electron chi connectivity index (χ1n) is 16.4. The first kappa shape index (κ1) is 35.1. The molecular formula is C38H51N3O5. The summed E-state index contributed by atoms with van der Waals surface area (Å²) in [6.45, 7) is 6.73. The van der Waals surface area contributed by atoms with Crippen LogP contribution in [0, 0.1) is 0 Å². The third-order valence-electron chi connectivity index (χ3n) is 8.39. The summed E-state index contributed by atoms with van der Waals surface area (Å²) in [5.41, 5.74) is 4.49. The third kappa shape index (κ3) is 10.4. The molecule has 0 spiro atoms. The van der Waals surface area contributed by atoms with Gasteiger partial charge in [0.2, 0.25) is 5.91 Å². The zero-order valence-electron chi connectivity index (χ0n) is 28.0. The highest BCUT2D eigenvalue weighted by molar-refractivity contribution is 5.77. The Balaban J connectivity index is 1.50. The van der Waals surface area contributed by atoms with Gasteiger partial charge in [-0.1, -0.05) is 78.9 Å². The average molecular weight is 630 g/mol. The van der Waals surface area contributed by atoms with E-state index in [4.69, 9.17) is 4.74 Å². The zero-order valence-corrected chi connectivity index (χ0v) is 28.0. The van der Waals surface area contributed by atoms with E-state index >= 15 is 0 Å². The van der Waals surface area contributed by atoms with Gasteiger partial charge in [0.25, 0.3) is 0 Å². The second-order valence-electron chi connectivity index (χ2n) is 13.7. The van der Waals surface area contributed by atoms with Crippen molar-refractivity contribution in [1.29, 1.82) is 0 Å². The van der Waals surface area contributed by atoms with Crippen LogP contribution in [-0.4, -0.2) is 76.5 Å². The summed E-state index contributed by atoms with van der Waals surface area (Å²) in [6.07, 6.45) is 0.765. The fourth-order valence-electron chi connectivity index (χ4n) is 6.10. The molecule has 0 unspecified atom stereocenters. The fourth-order valence-corrected chi connectivity index (χ4v) is 6.10. The van der Waals surface area contributed by atoms with Crippen molar-refractivity contribution >= 4 is 12.0 Å². The SMILES string of the molecule is CN(C)CCCc1ccc(CN(C(=O)CC[C@H](O)[C@H](Cc2ccccc2)NC(=O)OC(C)(C)C)[C@H]2c3ccccc3C[C@H]2O)cc1. The highest BCUT2D eigenvalue weighted by atomic mass is 16.6. The number of alkyl carbamates (subject to hydrolysis) is 1. The maximum absolute atomic E-state index is 14.0. The van der Waals surface area contributed by atoms with Gasteiger partial charge < -0.3 is 30.1 Å². The summed E-state index contributed by atoms with van der Waals surface area (Å²) in [7, 11) is 4.15. The minimum atomic E-state index is -0.999. The van der Waals surface area contributed by atoms with Crippen molar-refractivity contribution in [3.8, 4) is 0 Å². The Kier molecular flexibility index (Phi) is 12.4. The molecule has 8 nitrogen and oxygen atoms in total.